The fourth-order valence-corrected chi connectivity index (χ4v) is 2.18. The first-order valence-electron chi connectivity index (χ1n) is 6.02. The van der Waals surface area contributed by atoms with Gasteiger partial charge in [0.1, 0.15) is 11.6 Å². The molecule has 6 heteroatoms. The predicted molar refractivity (Wildman–Crippen MR) is 82.2 cm³/mol. The van der Waals surface area contributed by atoms with Crippen molar-refractivity contribution in [1.82, 2.24) is 5.43 Å². The molecule has 0 bridgehead atoms. The number of benzene rings is 2. The van der Waals surface area contributed by atoms with E-state index in [2.05, 4.69) is 26.5 Å². The highest BCUT2D eigenvalue weighted by molar-refractivity contribution is 9.10. The van der Waals surface area contributed by atoms with Crippen molar-refractivity contribution >= 4 is 28.1 Å². The number of ether oxygens (including phenoxy) is 1. The van der Waals surface area contributed by atoms with E-state index in [0.717, 1.165) is 16.1 Å². The van der Waals surface area contributed by atoms with Crippen LogP contribution in [0.5, 0.6) is 5.75 Å². The van der Waals surface area contributed by atoms with Crippen LogP contribution in [0.2, 0.25) is 0 Å². The molecule has 0 aliphatic rings. The van der Waals surface area contributed by atoms with E-state index in [1.165, 1.54) is 24.4 Å². The third-order valence-corrected chi connectivity index (χ3v) is 3.26. The quantitative estimate of drug-likeness (QED) is 0.678. The van der Waals surface area contributed by atoms with E-state index in [4.69, 9.17) is 4.74 Å². The molecule has 2 rings (SSSR count). The molecule has 0 spiro atoms. The third kappa shape index (κ3) is 4.13. The molecule has 21 heavy (non-hydrogen) atoms. The minimum Gasteiger partial charge on any atom is -0.496 e. The Kier molecular flexibility index (Phi) is 5.05. The van der Waals surface area contributed by atoms with Crippen molar-refractivity contribution in [2.75, 3.05) is 7.11 Å². The van der Waals surface area contributed by atoms with E-state index in [1.807, 2.05) is 0 Å². The van der Waals surface area contributed by atoms with Crippen LogP contribution in [0, 0.1) is 5.82 Å². The lowest BCUT2D eigenvalue weighted by molar-refractivity contribution is 0.0954. The smallest absolute Gasteiger partial charge is 0.271 e. The molecule has 0 aromatic heterocycles. The molecular weight excluding hydrogens is 339 g/mol. The van der Waals surface area contributed by atoms with Crippen molar-refractivity contribution in [1.29, 1.82) is 0 Å². The number of carbonyl (C=O) groups excluding carboxylic acids is 1. The minimum absolute atomic E-state index is 0.211. The van der Waals surface area contributed by atoms with E-state index in [-0.39, 0.29) is 5.56 Å². The highest BCUT2D eigenvalue weighted by atomic mass is 79.9. The maximum Gasteiger partial charge on any atom is 0.271 e. The van der Waals surface area contributed by atoms with Gasteiger partial charge in [-0.05, 0) is 57.9 Å². The van der Waals surface area contributed by atoms with Gasteiger partial charge in [-0.15, -0.1) is 0 Å². The lowest BCUT2D eigenvalue weighted by atomic mass is 10.2. The Morgan fingerprint density at radius 1 is 1.33 bits per heavy atom. The van der Waals surface area contributed by atoms with E-state index in [9.17, 15) is 9.18 Å². The lowest BCUT2D eigenvalue weighted by Gasteiger charge is -2.03. The molecule has 0 saturated heterocycles. The van der Waals surface area contributed by atoms with Crippen molar-refractivity contribution < 1.29 is 13.9 Å². The number of hydrazone groups is 1. The van der Waals surface area contributed by atoms with E-state index in [1.54, 1.807) is 25.3 Å². The molecule has 0 radical (unpaired) electrons. The van der Waals surface area contributed by atoms with Crippen LogP contribution in [-0.2, 0) is 0 Å². The summed E-state index contributed by atoms with van der Waals surface area (Å²) in [5.74, 6) is -0.236. The van der Waals surface area contributed by atoms with E-state index >= 15 is 0 Å². The van der Waals surface area contributed by atoms with Crippen LogP contribution in [0.1, 0.15) is 15.9 Å². The van der Waals surface area contributed by atoms with Crippen LogP contribution < -0.4 is 10.2 Å². The van der Waals surface area contributed by atoms with Crippen molar-refractivity contribution in [2.24, 2.45) is 5.10 Å². The average Bonchev–Trinajstić information content (AvgIpc) is 2.47. The number of hydrogen-bond donors (Lipinski definition) is 1. The molecule has 4 nitrogen and oxygen atoms in total. The van der Waals surface area contributed by atoms with Crippen molar-refractivity contribution in [3.63, 3.8) is 0 Å². The van der Waals surface area contributed by atoms with Gasteiger partial charge < -0.3 is 4.74 Å². The summed E-state index contributed by atoms with van der Waals surface area (Å²) in [7, 11) is 1.58. The average molecular weight is 351 g/mol. The largest absolute Gasteiger partial charge is 0.496 e. The fourth-order valence-electron chi connectivity index (χ4n) is 1.62. The molecule has 0 heterocycles. The summed E-state index contributed by atoms with van der Waals surface area (Å²) in [6.07, 6.45) is 1.49. The van der Waals surface area contributed by atoms with Crippen LogP contribution in [0.3, 0.4) is 0 Å². The number of carbonyl (C=O) groups is 1. The van der Waals surface area contributed by atoms with Crippen LogP contribution in [0.15, 0.2) is 52.0 Å². The first kappa shape index (κ1) is 15.2. The maximum absolute atomic E-state index is 13.0. The van der Waals surface area contributed by atoms with Crippen LogP contribution in [0.4, 0.5) is 4.39 Å². The lowest BCUT2D eigenvalue weighted by Crippen LogP contribution is -2.17. The zero-order chi connectivity index (χ0) is 15.2. The second-order valence-corrected chi connectivity index (χ2v) is 4.96. The Balaban J connectivity index is 2.02. The van der Waals surface area contributed by atoms with Gasteiger partial charge in [0.2, 0.25) is 0 Å². The number of nitrogens with one attached hydrogen (secondary N) is 1. The summed E-state index contributed by atoms with van der Waals surface area (Å²) >= 11 is 3.36. The zero-order valence-electron chi connectivity index (χ0n) is 11.1. The molecule has 0 aliphatic heterocycles. The first-order chi connectivity index (χ1) is 10.1. The van der Waals surface area contributed by atoms with Gasteiger partial charge in [0.25, 0.3) is 5.91 Å². The van der Waals surface area contributed by atoms with Crippen LogP contribution >= 0.6 is 15.9 Å². The van der Waals surface area contributed by atoms with Gasteiger partial charge in [-0.2, -0.15) is 5.10 Å². The topological polar surface area (TPSA) is 50.7 Å². The minimum atomic E-state index is -0.474. The van der Waals surface area contributed by atoms with Crippen molar-refractivity contribution in [3.05, 3.63) is 63.9 Å². The number of halogens is 2. The molecular formula is C15H12BrFN2O2. The van der Waals surface area contributed by atoms with Crippen LogP contribution in [0.25, 0.3) is 0 Å². The monoisotopic (exact) mass is 350 g/mol. The maximum atomic E-state index is 13.0. The molecule has 108 valence electrons. The summed E-state index contributed by atoms with van der Waals surface area (Å²) in [5, 5.41) is 3.84. The number of methoxy groups -OCH3 is 1. The Morgan fingerprint density at radius 3 is 2.81 bits per heavy atom. The summed E-state index contributed by atoms with van der Waals surface area (Å²) in [6.45, 7) is 0. The molecule has 0 fully saturated rings. The molecule has 0 saturated carbocycles. The van der Waals surface area contributed by atoms with Gasteiger partial charge in [0.05, 0.1) is 17.8 Å². The highest BCUT2D eigenvalue weighted by Crippen LogP contribution is 2.24. The normalized spacial score (nSPS) is 10.6. The highest BCUT2D eigenvalue weighted by Gasteiger charge is 2.04. The number of rotatable bonds is 4. The first-order valence-corrected chi connectivity index (χ1v) is 6.82. The van der Waals surface area contributed by atoms with E-state index in [0.29, 0.717) is 5.75 Å². The number of amides is 1. The van der Waals surface area contributed by atoms with Gasteiger partial charge in [0.15, 0.2) is 0 Å². The summed E-state index contributed by atoms with van der Waals surface area (Å²) < 4.78 is 18.9. The fraction of sp³-hybridized carbons (Fsp3) is 0.0667. The van der Waals surface area contributed by atoms with Gasteiger partial charge in [0, 0.05) is 5.56 Å². The summed E-state index contributed by atoms with van der Waals surface area (Å²) in [5.41, 5.74) is 3.33. The zero-order valence-corrected chi connectivity index (χ0v) is 12.7. The Bertz CT molecular complexity index is 689. The molecule has 0 aliphatic carbocycles. The Hall–Kier alpha value is -2.21. The van der Waals surface area contributed by atoms with Crippen molar-refractivity contribution in [3.8, 4) is 5.75 Å². The SMILES string of the molecule is COc1ccc(/C=N\NC(=O)c2cccc(F)c2)cc1Br. The van der Waals surface area contributed by atoms with Gasteiger partial charge >= 0.3 is 0 Å². The van der Waals surface area contributed by atoms with Gasteiger partial charge in [-0.1, -0.05) is 6.07 Å². The Labute approximate surface area is 129 Å². The molecule has 2 aromatic rings. The summed E-state index contributed by atoms with van der Waals surface area (Å²) in [6, 6.07) is 10.8. The van der Waals surface area contributed by atoms with E-state index < -0.39 is 11.7 Å². The standard InChI is InChI=1S/C15H12BrFN2O2/c1-21-14-6-5-10(7-13(14)16)9-18-19-15(20)11-3-2-4-12(17)8-11/h2-9H,1H3,(H,19,20)/b18-9-. The molecule has 2 aromatic carbocycles. The molecule has 0 atom stereocenters. The second-order valence-electron chi connectivity index (χ2n) is 4.10. The van der Waals surface area contributed by atoms with Crippen LogP contribution in [-0.4, -0.2) is 19.2 Å². The summed E-state index contributed by atoms with van der Waals surface area (Å²) in [4.78, 5) is 11.7. The van der Waals surface area contributed by atoms with Gasteiger partial charge in [-0.3, -0.25) is 4.79 Å². The molecule has 1 N–H and O–H groups in total. The molecule has 1 amide bonds. The number of hydrogen-bond acceptors (Lipinski definition) is 3. The predicted octanol–water partition coefficient (Wildman–Crippen LogP) is 3.36. The third-order valence-electron chi connectivity index (χ3n) is 2.64. The Morgan fingerprint density at radius 2 is 2.14 bits per heavy atom. The second kappa shape index (κ2) is 6.99. The van der Waals surface area contributed by atoms with Crippen molar-refractivity contribution in [2.45, 2.75) is 0 Å². The number of nitrogens with zero attached hydrogens (tertiary/aromatic N) is 1. The molecule has 0 unspecified atom stereocenters. The van der Waals surface area contributed by atoms with Gasteiger partial charge in [-0.25, -0.2) is 9.82 Å².